The van der Waals surface area contributed by atoms with Crippen LogP contribution in [0.2, 0.25) is 0 Å². The molecular formula is C9H19N. The van der Waals surface area contributed by atoms with Gasteiger partial charge in [0, 0.05) is 0 Å². The van der Waals surface area contributed by atoms with Gasteiger partial charge in [0.25, 0.3) is 0 Å². The van der Waals surface area contributed by atoms with Crippen LogP contribution in [0.3, 0.4) is 0 Å². The van der Waals surface area contributed by atoms with Crippen molar-refractivity contribution in [2.45, 2.75) is 33.1 Å². The maximum Gasteiger partial charge on any atom is -0.00773 e. The van der Waals surface area contributed by atoms with Crippen LogP contribution in [0.5, 0.6) is 0 Å². The number of hydrogen-bond donors (Lipinski definition) is 1. The van der Waals surface area contributed by atoms with Crippen molar-refractivity contribution in [3.63, 3.8) is 0 Å². The van der Waals surface area contributed by atoms with Crippen molar-refractivity contribution in [3.05, 3.63) is 12.2 Å². The molecule has 0 bridgehead atoms. The fourth-order valence-electron chi connectivity index (χ4n) is 1.04. The second kappa shape index (κ2) is 6.81. The molecule has 0 aromatic rings. The summed E-state index contributed by atoms with van der Waals surface area (Å²) < 4.78 is 0. The maximum absolute atomic E-state index is 5.37. The molecule has 0 aromatic heterocycles. The summed E-state index contributed by atoms with van der Waals surface area (Å²) in [4.78, 5) is 0. The average molecular weight is 141 g/mol. The van der Waals surface area contributed by atoms with Crippen LogP contribution in [0.15, 0.2) is 12.2 Å². The molecule has 0 heterocycles. The van der Waals surface area contributed by atoms with E-state index < -0.39 is 0 Å². The lowest BCUT2D eigenvalue weighted by molar-refractivity contribution is 0.585. The van der Waals surface area contributed by atoms with Gasteiger partial charge in [0.2, 0.25) is 0 Å². The van der Waals surface area contributed by atoms with Crippen LogP contribution in [0.4, 0.5) is 0 Å². The van der Waals surface area contributed by atoms with Gasteiger partial charge < -0.3 is 5.73 Å². The molecule has 10 heavy (non-hydrogen) atoms. The van der Waals surface area contributed by atoms with Crippen LogP contribution in [0, 0.1) is 5.92 Å². The lowest BCUT2D eigenvalue weighted by atomic mass is 10.0. The van der Waals surface area contributed by atoms with E-state index in [0.717, 1.165) is 12.5 Å². The molecule has 0 rings (SSSR count). The molecular weight excluding hydrogens is 122 g/mol. The largest absolute Gasteiger partial charge is 0.330 e. The SMILES string of the molecule is C/C=C\C(C)CCCCN. The fraction of sp³-hybridized carbons (Fsp3) is 0.778. The zero-order valence-electron chi connectivity index (χ0n) is 7.14. The Hall–Kier alpha value is -0.300. The molecule has 0 spiro atoms. The summed E-state index contributed by atoms with van der Waals surface area (Å²) in [6.45, 7) is 5.15. The summed E-state index contributed by atoms with van der Waals surface area (Å²) in [6, 6.07) is 0. The summed E-state index contributed by atoms with van der Waals surface area (Å²) >= 11 is 0. The van der Waals surface area contributed by atoms with Crippen LogP contribution in [0.1, 0.15) is 33.1 Å². The molecule has 1 unspecified atom stereocenters. The Morgan fingerprint density at radius 3 is 2.60 bits per heavy atom. The summed E-state index contributed by atoms with van der Waals surface area (Å²) in [7, 11) is 0. The van der Waals surface area contributed by atoms with Gasteiger partial charge in [-0.1, -0.05) is 25.5 Å². The molecule has 0 aliphatic rings. The van der Waals surface area contributed by atoms with E-state index >= 15 is 0 Å². The summed E-state index contributed by atoms with van der Waals surface area (Å²) in [6.07, 6.45) is 8.08. The second-order valence-corrected chi connectivity index (χ2v) is 2.79. The van der Waals surface area contributed by atoms with E-state index in [-0.39, 0.29) is 0 Å². The Bertz CT molecular complexity index is 86.7. The average Bonchev–Trinajstić information content (AvgIpc) is 1.89. The number of hydrogen-bond acceptors (Lipinski definition) is 1. The predicted molar refractivity (Wildman–Crippen MR) is 46.9 cm³/mol. The molecule has 1 heteroatoms. The molecule has 0 aliphatic heterocycles. The Kier molecular flexibility index (Phi) is 6.61. The smallest absolute Gasteiger partial charge is 0.00773 e. The normalized spacial score (nSPS) is 14.3. The van der Waals surface area contributed by atoms with E-state index in [1.54, 1.807) is 0 Å². The van der Waals surface area contributed by atoms with Crippen LogP contribution < -0.4 is 5.73 Å². The van der Waals surface area contributed by atoms with Gasteiger partial charge in [0.1, 0.15) is 0 Å². The lowest BCUT2D eigenvalue weighted by Crippen LogP contribution is -1.99. The monoisotopic (exact) mass is 141 g/mol. The number of nitrogens with two attached hydrogens (primary N) is 1. The molecule has 0 amide bonds. The van der Waals surface area contributed by atoms with Gasteiger partial charge in [-0.2, -0.15) is 0 Å². The molecule has 1 atom stereocenters. The van der Waals surface area contributed by atoms with Crippen molar-refractivity contribution in [2.24, 2.45) is 11.7 Å². The third kappa shape index (κ3) is 5.83. The number of unbranched alkanes of at least 4 members (excludes halogenated alkanes) is 1. The Balaban J connectivity index is 3.13. The van der Waals surface area contributed by atoms with Gasteiger partial charge in [0.05, 0.1) is 0 Å². The lowest BCUT2D eigenvalue weighted by Gasteiger charge is -2.03. The highest BCUT2D eigenvalue weighted by Crippen LogP contribution is 2.07. The zero-order valence-corrected chi connectivity index (χ0v) is 7.14. The second-order valence-electron chi connectivity index (χ2n) is 2.79. The van der Waals surface area contributed by atoms with Crippen molar-refractivity contribution < 1.29 is 0 Å². The van der Waals surface area contributed by atoms with Gasteiger partial charge in [-0.25, -0.2) is 0 Å². The number of rotatable bonds is 5. The highest BCUT2D eigenvalue weighted by molar-refractivity contribution is 4.82. The molecule has 2 N–H and O–H groups in total. The van der Waals surface area contributed by atoms with Crippen molar-refractivity contribution in [1.82, 2.24) is 0 Å². The quantitative estimate of drug-likeness (QED) is 0.461. The van der Waals surface area contributed by atoms with Gasteiger partial charge in [-0.15, -0.1) is 0 Å². The van der Waals surface area contributed by atoms with Gasteiger partial charge in [0.15, 0.2) is 0 Å². The third-order valence-electron chi connectivity index (χ3n) is 1.63. The zero-order chi connectivity index (χ0) is 7.82. The first-order valence-electron chi connectivity index (χ1n) is 4.14. The van der Waals surface area contributed by atoms with E-state index in [1.165, 1.54) is 19.3 Å². The first-order valence-corrected chi connectivity index (χ1v) is 4.14. The third-order valence-corrected chi connectivity index (χ3v) is 1.63. The Labute approximate surface area is 64.3 Å². The maximum atomic E-state index is 5.37. The molecule has 60 valence electrons. The number of allylic oxidation sites excluding steroid dienone is 2. The van der Waals surface area contributed by atoms with E-state index in [1.807, 2.05) is 0 Å². The summed E-state index contributed by atoms with van der Waals surface area (Å²) in [5.41, 5.74) is 5.37. The minimum absolute atomic E-state index is 0.733. The summed E-state index contributed by atoms with van der Waals surface area (Å²) in [5, 5.41) is 0. The van der Waals surface area contributed by atoms with E-state index in [2.05, 4.69) is 26.0 Å². The standard InChI is InChI=1S/C9H19N/c1-3-6-9(2)7-4-5-8-10/h3,6,9H,4-5,7-8,10H2,1-2H3/b6-3-. The van der Waals surface area contributed by atoms with Crippen molar-refractivity contribution in [2.75, 3.05) is 6.54 Å². The predicted octanol–water partition coefficient (Wildman–Crippen LogP) is 2.33. The molecule has 1 nitrogen and oxygen atoms in total. The van der Waals surface area contributed by atoms with Crippen molar-refractivity contribution >= 4 is 0 Å². The topological polar surface area (TPSA) is 26.0 Å². The fourth-order valence-corrected chi connectivity index (χ4v) is 1.04. The molecule has 0 saturated carbocycles. The van der Waals surface area contributed by atoms with Crippen molar-refractivity contribution in [1.29, 1.82) is 0 Å². The highest BCUT2D eigenvalue weighted by atomic mass is 14.5. The van der Waals surface area contributed by atoms with Gasteiger partial charge in [-0.05, 0) is 32.2 Å². The minimum Gasteiger partial charge on any atom is -0.330 e. The van der Waals surface area contributed by atoms with Gasteiger partial charge >= 0.3 is 0 Å². The van der Waals surface area contributed by atoms with Crippen LogP contribution >= 0.6 is 0 Å². The first kappa shape index (κ1) is 9.70. The molecule has 0 saturated heterocycles. The van der Waals surface area contributed by atoms with Gasteiger partial charge in [-0.3, -0.25) is 0 Å². The van der Waals surface area contributed by atoms with Crippen molar-refractivity contribution in [3.8, 4) is 0 Å². The first-order chi connectivity index (χ1) is 4.81. The Morgan fingerprint density at radius 1 is 1.40 bits per heavy atom. The summed E-state index contributed by atoms with van der Waals surface area (Å²) in [5.74, 6) is 0.733. The van der Waals surface area contributed by atoms with E-state index in [4.69, 9.17) is 5.73 Å². The van der Waals surface area contributed by atoms with Crippen LogP contribution in [-0.4, -0.2) is 6.54 Å². The van der Waals surface area contributed by atoms with Crippen LogP contribution in [-0.2, 0) is 0 Å². The highest BCUT2D eigenvalue weighted by Gasteiger charge is 1.94. The van der Waals surface area contributed by atoms with E-state index in [0.29, 0.717) is 0 Å². The van der Waals surface area contributed by atoms with Crippen LogP contribution in [0.25, 0.3) is 0 Å². The molecule has 0 aliphatic carbocycles. The Morgan fingerprint density at radius 2 is 2.10 bits per heavy atom. The van der Waals surface area contributed by atoms with E-state index in [9.17, 15) is 0 Å². The molecule has 0 radical (unpaired) electrons. The molecule has 0 fully saturated rings. The minimum atomic E-state index is 0.733. The molecule has 0 aromatic carbocycles.